The van der Waals surface area contributed by atoms with E-state index in [1.165, 1.54) is 4.90 Å². The average molecular weight is 192 g/mol. The van der Waals surface area contributed by atoms with Gasteiger partial charge in [0.05, 0.1) is 0 Å². The molecule has 0 fully saturated rings. The summed E-state index contributed by atoms with van der Waals surface area (Å²) in [4.78, 5) is 11.9. The average Bonchev–Trinajstić information content (AvgIpc) is 2.15. The van der Waals surface area contributed by atoms with Gasteiger partial charge in [0.15, 0.2) is 5.78 Å². The minimum absolute atomic E-state index is 0.0795. The molecule has 0 aliphatic carbocycles. The summed E-state index contributed by atoms with van der Waals surface area (Å²) >= 11 is 1.68. The van der Waals surface area contributed by atoms with E-state index in [4.69, 9.17) is 0 Å². The lowest BCUT2D eigenvalue weighted by atomic mass is 10.2. The SMILES string of the molecule is CSc1ccccc1C=CC(C)=O. The van der Waals surface area contributed by atoms with Gasteiger partial charge in [0.1, 0.15) is 0 Å². The molecule has 2 heteroatoms. The first-order valence-corrected chi connectivity index (χ1v) is 5.28. The number of carbonyl (C=O) groups excluding carboxylic acids is 1. The van der Waals surface area contributed by atoms with Crippen molar-refractivity contribution in [2.24, 2.45) is 0 Å². The van der Waals surface area contributed by atoms with E-state index in [2.05, 4.69) is 0 Å². The third-order valence-corrected chi connectivity index (χ3v) is 2.45. The Labute approximate surface area is 82.9 Å². The molecule has 0 unspecified atom stereocenters. The van der Waals surface area contributed by atoms with E-state index in [0.717, 1.165) is 5.56 Å². The lowest BCUT2D eigenvalue weighted by Gasteiger charge is -2.00. The zero-order valence-corrected chi connectivity index (χ0v) is 8.60. The van der Waals surface area contributed by atoms with E-state index in [0.29, 0.717) is 0 Å². The van der Waals surface area contributed by atoms with Crippen LogP contribution in [0.15, 0.2) is 35.2 Å². The topological polar surface area (TPSA) is 17.1 Å². The number of hydrogen-bond donors (Lipinski definition) is 0. The summed E-state index contributed by atoms with van der Waals surface area (Å²) in [6.07, 6.45) is 5.48. The second-order valence-electron chi connectivity index (χ2n) is 2.69. The number of allylic oxidation sites excluding steroid dienone is 1. The molecule has 0 heterocycles. The Morgan fingerprint density at radius 2 is 2.08 bits per heavy atom. The van der Waals surface area contributed by atoms with Crippen molar-refractivity contribution >= 4 is 23.6 Å². The van der Waals surface area contributed by atoms with Crippen LogP contribution in [0.5, 0.6) is 0 Å². The first-order chi connectivity index (χ1) is 6.24. The maximum atomic E-state index is 10.7. The molecule has 0 aliphatic heterocycles. The fourth-order valence-electron chi connectivity index (χ4n) is 1.01. The van der Waals surface area contributed by atoms with E-state index in [-0.39, 0.29) is 5.78 Å². The highest BCUT2D eigenvalue weighted by molar-refractivity contribution is 7.98. The number of hydrogen-bond acceptors (Lipinski definition) is 2. The van der Waals surface area contributed by atoms with Crippen molar-refractivity contribution in [3.8, 4) is 0 Å². The van der Waals surface area contributed by atoms with Crippen molar-refractivity contribution in [2.75, 3.05) is 6.26 Å². The fourth-order valence-corrected chi connectivity index (χ4v) is 1.60. The molecule has 1 aromatic rings. The molecule has 13 heavy (non-hydrogen) atoms. The molecule has 0 bridgehead atoms. The van der Waals surface area contributed by atoms with Gasteiger partial charge in [0.25, 0.3) is 0 Å². The van der Waals surface area contributed by atoms with Crippen LogP contribution in [0.25, 0.3) is 6.08 Å². The summed E-state index contributed by atoms with van der Waals surface area (Å²) in [5.41, 5.74) is 1.10. The Bertz CT molecular complexity index is 329. The third kappa shape index (κ3) is 3.07. The molecule has 0 atom stereocenters. The van der Waals surface area contributed by atoms with Crippen molar-refractivity contribution in [2.45, 2.75) is 11.8 Å². The minimum atomic E-state index is 0.0795. The third-order valence-electron chi connectivity index (χ3n) is 1.64. The molecule has 0 saturated heterocycles. The van der Waals surface area contributed by atoms with Gasteiger partial charge in [-0.15, -0.1) is 11.8 Å². The summed E-state index contributed by atoms with van der Waals surface area (Å²) in [5.74, 6) is 0.0795. The van der Waals surface area contributed by atoms with Gasteiger partial charge in [-0.25, -0.2) is 0 Å². The summed E-state index contributed by atoms with van der Waals surface area (Å²) < 4.78 is 0. The van der Waals surface area contributed by atoms with Crippen LogP contribution in [0.4, 0.5) is 0 Å². The molecule has 0 saturated carbocycles. The Morgan fingerprint density at radius 3 is 2.69 bits per heavy atom. The van der Waals surface area contributed by atoms with Gasteiger partial charge in [0.2, 0.25) is 0 Å². The molecular weight excluding hydrogens is 180 g/mol. The lowest BCUT2D eigenvalue weighted by Crippen LogP contribution is -1.82. The zero-order valence-electron chi connectivity index (χ0n) is 7.78. The van der Waals surface area contributed by atoms with E-state index >= 15 is 0 Å². The van der Waals surface area contributed by atoms with Gasteiger partial charge >= 0.3 is 0 Å². The van der Waals surface area contributed by atoms with Crippen molar-refractivity contribution < 1.29 is 4.79 Å². The predicted molar refractivity (Wildman–Crippen MR) is 57.9 cm³/mol. The van der Waals surface area contributed by atoms with Gasteiger partial charge in [-0.3, -0.25) is 4.79 Å². The number of thioether (sulfide) groups is 1. The number of rotatable bonds is 3. The van der Waals surface area contributed by atoms with Gasteiger partial charge in [-0.1, -0.05) is 24.3 Å². The molecule has 0 spiro atoms. The Morgan fingerprint density at radius 1 is 1.38 bits per heavy atom. The Balaban J connectivity index is 2.93. The maximum absolute atomic E-state index is 10.7. The van der Waals surface area contributed by atoms with Gasteiger partial charge in [-0.05, 0) is 30.9 Å². The molecule has 1 aromatic carbocycles. The quantitative estimate of drug-likeness (QED) is 0.541. The normalized spacial score (nSPS) is 10.6. The second-order valence-corrected chi connectivity index (χ2v) is 3.53. The first kappa shape index (κ1) is 10.1. The number of carbonyl (C=O) groups is 1. The van der Waals surface area contributed by atoms with E-state index in [1.54, 1.807) is 24.8 Å². The molecule has 1 rings (SSSR count). The molecule has 0 radical (unpaired) electrons. The Hall–Kier alpha value is -1.02. The van der Waals surface area contributed by atoms with Gasteiger partial charge in [0, 0.05) is 4.90 Å². The maximum Gasteiger partial charge on any atom is 0.152 e. The van der Waals surface area contributed by atoms with E-state index in [1.807, 2.05) is 36.6 Å². The molecule has 1 nitrogen and oxygen atoms in total. The molecule has 0 aliphatic rings. The van der Waals surface area contributed by atoms with Crippen molar-refractivity contribution in [3.05, 3.63) is 35.9 Å². The summed E-state index contributed by atoms with van der Waals surface area (Å²) in [7, 11) is 0. The Kier molecular flexibility index (Phi) is 3.77. The zero-order chi connectivity index (χ0) is 9.68. The van der Waals surface area contributed by atoms with Gasteiger partial charge in [-0.2, -0.15) is 0 Å². The van der Waals surface area contributed by atoms with E-state index in [9.17, 15) is 4.79 Å². The number of benzene rings is 1. The highest BCUT2D eigenvalue weighted by atomic mass is 32.2. The van der Waals surface area contributed by atoms with Crippen molar-refractivity contribution in [1.82, 2.24) is 0 Å². The molecule has 0 N–H and O–H groups in total. The molecule has 68 valence electrons. The van der Waals surface area contributed by atoms with Gasteiger partial charge < -0.3 is 0 Å². The summed E-state index contributed by atoms with van der Waals surface area (Å²) in [5, 5.41) is 0. The van der Waals surface area contributed by atoms with Crippen LogP contribution in [0.1, 0.15) is 12.5 Å². The van der Waals surface area contributed by atoms with E-state index < -0.39 is 0 Å². The molecule has 0 amide bonds. The van der Waals surface area contributed by atoms with Crippen LogP contribution in [0.3, 0.4) is 0 Å². The predicted octanol–water partition coefficient (Wildman–Crippen LogP) is 3.01. The van der Waals surface area contributed by atoms with Crippen LogP contribution in [0, 0.1) is 0 Å². The summed E-state index contributed by atoms with van der Waals surface area (Å²) in [6, 6.07) is 8.02. The van der Waals surface area contributed by atoms with Crippen LogP contribution in [0.2, 0.25) is 0 Å². The highest BCUT2D eigenvalue weighted by Gasteiger charge is 1.95. The summed E-state index contributed by atoms with van der Waals surface area (Å²) in [6.45, 7) is 1.55. The minimum Gasteiger partial charge on any atom is -0.295 e. The monoisotopic (exact) mass is 192 g/mol. The van der Waals surface area contributed by atoms with Crippen molar-refractivity contribution in [3.63, 3.8) is 0 Å². The molecule has 0 aromatic heterocycles. The fraction of sp³-hybridized carbons (Fsp3) is 0.182. The standard InChI is InChI=1S/C11H12OS/c1-9(12)7-8-10-5-3-4-6-11(10)13-2/h3-8H,1-2H3. The second kappa shape index (κ2) is 4.87. The highest BCUT2D eigenvalue weighted by Crippen LogP contribution is 2.20. The van der Waals surface area contributed by atoms with Crippen LogP contribution in [-0.2, 0) is 4.79 Å². The van der Waals surface area contributed by atoms with Crippen LogP contribution < -0.4 is 0 Å². The largest absolute Gasteiger partial charge is 0.295 e. The first-order valence-electron chi connectivity index (χ1n) is 4.05. The molecular formula is C11H12OS. The van der Waals surface area contributed by atoms with Crippen molar-refractivity contribution in [1.29, 1.82) is 0 Å². The van der Waals surface area contributed by atoms with Crippen LogP contribution >= 0.6 is 11.8 Å². The smallest absolute Gasteiger partial charge is 0.152 e. The van der Waals surface area contributed by atoms with Crippen LogP contribution in [-0.4, -0.2) is 12.0 Å². The lowest BCUT2D eigenvalue weighted by molar-refractivity contribution is -0.112. The number of ketones is 1.